The van der Waals surface area contributed by atoms with Crippen LogP contribution in [0.4, 0.5) is 5.69 Å². The minimum atomic E-state index is -0.682. The largest absolute Gasteiger partial charge is 0.390 e. The van der Waals surface area contributed by atoms with Gasteiger partial charge in [-0.25, -0.2) is 0 Å². The Morgan fingerprint density at radius 1 is 1.38 bits per heavy atom. The summed E-state index contributed by atoms with van der Waals surface area (Å²) in [5.41, 5.74) is 1.06. The number of nitro groups is 1. The molecule has 7 nitrogen and oxygen atoms in total. The van der Waals surface area contributed by atoms with Crippen molar-refractivity contribution in [2.24, 2.45) is 0 Å². The zero-order valence-electron chi connectivity index (χ0n) is 14.2. The van der Waals surface area contributed by atoms with Gasteiger partial charge in [0.15, 0.2) is 0 Å². The molecule has 0 saturated carbocycles. The average Bonchev–Trinajstić information content (AvgIpc) is 3.02. The lowest BCUT2D eigenvalue weighted by Gasteiger charge is -2.33. The highest BCUT2D eigenvalue weighted by Crippen LogP contribution is 2.26. The van der Waals surface area contributed by atoms with Gasteiger partial charge >= 0.3 is 5.69 Å². The number of aliphatic hydroxyl groups is 1. The van der Waals surface area contributed by atoms with Crippen molar-refractivity contribution in [2.75, 3.05) is 6.54 Å². The first-order valence-electron chi connectivity index (χ1n) is 7.94. The Labute approximate surface area is 141 Å². The molecule has 0 aliphatic carbocycles. The van der Waals surface area contributed by atoms with Gasteiger partial charge in [0, 0.05) is 18.0 Å². The number of aromatic nitrogens is 2. The van der Waals surface area contributed by atoms with Gasteiger partial charge in [0.1, 0.15) is 12.4 Å². The fraction of sp³-hybridized carbons (Fsp3) is 0.471. The van der Waals surface area contributed by atoms with Crippen molar-refractivity contribution in [1.29, 1.82) is 0 Å². The second-order valence-corrected chi connectivity index (χ2v) is 6.55. The molecule has 0 amide bonds. The summed E-state index contributed by atoms with van der Waals surface area (Å²) >= 11 is 0. The van der Waals surface area contributed by atoms with Crippen LogP contribution in [-0.2, 0) is 12.0 Å². The van der Waals surface area contributed by atoms with Gasteiger partial charge in [-0.05, 0) is 12.5 Å². The van der Waals surface area contributed by atoms with E-state index in [9.17, 15) is 15.2 Å². The highest BCUT2D eigenvalue weighted by Gasteiger charge is 2.27. The highest BCUT2D eigenvalue weighted by molar-refractivity contribution is 5.25. The number of nitrogens with one attached hydrogen (secondary N) is 1. The van der Waals surface area contributed by atoms with Gasteiger partial charge in [-0.2, -0.15) is 5.10 Å². The molecule has 0 spiro atoms. The van der Waals surface area contributed by atoms with Crippen LogP contribution in [0.25, 0.3) is 0 Å². The summed E-state index contributed by atoms with van der Waals surface area (Å²) in [5.74, 6) is 0. The molecule has 1 aromatic heterocycles. The van der Waals surface area contributed by atoms with Crippen molar-refractivity contribution in [3.8, 4) is 0 Å². The van der Waals surface area contributed by atoms with Crippen LogP contribution in [0.3, 0.4) is 0 Å². The van der Waals surface area contributed by atoms with E-state index in [4.69, 9.17) is 0 Å². The number of hydrogen-bond acceptors (Lipinski definition) is 5. The molecular weight excluding hydrogens is 308 g/mol. The van der Waals surface area contributed by atoms with E-state index in [-0.39, 0.29) is 23.7 Å². The van der Waals surface area contributed by atoms with E-state index in [2.05, 4.69) is 43.3 Å². The van der Waals surface area contributed by atoms with Crippen molar-refractivity contribution in [2.45, 2.75) is 44.9 Å². The van der Waals surface area contributed by atoms with E-state index in [0.717, 1.165) is 0 Å². The normalized spacial score (nSPS) is 14.3. The molecule has 130 valence electrons. The third-order valence-corrected chi connectivity index (χ3v) is 4.49. The van der Waals surface area contributed by atoms with Crippen molar-refractivity contribution in [3.05, 3.63) is 58.4 Å². The Hall–Kier alpha value is -2.25. The molecule has 7 heteroatoms. The van der Waals surface area contributed by atoms with Crippen LogP contribution in [-0.4, -0.2) is 38.5 Å². The lowest BCUT2D eigenvalue weighted by atomic mass is 9.78. The van der Waals surface area contributed by atoms with Gasteiger partial charge in [-0.15, -0.1) is 0 Å². The minimum absolute atomic E-state index is 0.0752. The summed E-state index contributed by atoms with van der Waals surface area (Å²) < 4.78 is 1.39. The smallest absolute Gasteiger partial charge is 0.306 e. The highest BCUT2D eigenvalue weighted by atomic mass is 16.6. The van der Waals surface area contributed by atoms with Crippen molar-refractivity contribution in [1.82, 2.24) is 15.1 Å². The number of rotatable bonds is 8. The quantitative estimate of drug-likeness (QED) is 0.570. The summed E-state index contributed by atoms with van der Waals surface area (Å²) in [4.78, 5) is 10.1. The van der Waals surface area contributed by atoms with Crippen LogP contribution < -0.4 is 5.32 Å². The maximum Gasteiger partial charge on any atom is 0.306 e. The molecule has 0 saturated heterocycles. The van der Waals surface area contributed by atoms with E-state index in [0.29, 0.717) is 6.54 Å². The fourth-order valence-corrected chi connectivity index (χ4v) is 2.51. The van der Waals surface area contributed by atoms with Gasteiger partial charge in [0.2, 0.25) is 0 Å². The lowest BCUT2D eigenvalue weighted by Crippen LogP contribution is -2.46. The zero-order chi connectivity index (χ0) is 17.7. The molecule has 2 N–H and O–H groups in total. The average molecular weight is 332 g/mol. The van der Waals surface area contributed by atoms with Crippen LogP contribution in [0.5, 0.6) is 0 Å². The number of benzene rings is 1. The van der Waals surface area contributed by atoms with Crippen molar-refractivity contribution >= 4 is 5.69 Å². The van der Waals surface area contributed by atoms with Gasteiger partial charge in [0.05, 0.1) is 17.6 Å². The molecule has 2 aromatic rings. The number of nitrogens with zero attached hydrogens (tertiary/aromatic N) is 3. The summed E-state index contributed by atoms with van der Waals surface area (Å²) in [7, 11) is 0. The monoisotopic (exact) mass is 332 g/mol. The predicted octanol–water partition coefficient (Wildman–Crippen LogP) is 2.11. The van der Waals surface area contributed by atoms with Crippen LogP contribution >= 0.6 is 0 Å². The summed E-state index contributed by atoms with van der Waals surface area (Å²) in [6.07, 6.45) is 1.82. The first-order valence-corrected chi connectivity index (χ1v) is 7.94. The minimum Gasteiger partial charge on any atom is -0.390 e. The third kappa shape index (κ3) is 4.39. The van der Waals surface area contributed by atoms with Gasteiger partial charge < -0.3 is 10.4 Å². The second kappa shape index (κ2) is 7.55. The van der Waals surface area contributed by atoms with Crippen molar-refractivity contribution in [3.63, 3.8) is 0 Å². The third-order valence-electron chi connectivity index (χ3n) is 4.49. The molecule has 0 bridgehead atoms. The molecule has 1 heterocycles. The maximum absolute atomic E-state index is 10.6. The van der Waals surface area contributed by atoms with Crippen LogP contribution in [0.1, 0.15) is 26.3 Å². The maximum atomic E-state index is 10.6. The Morgan fingerprint density at radius 3 is 2.62 bits per heavy atom. The summed E-state index contributed by atoms with van der Waals surface area (Å²) in [6, 6.07) is 10.4. The number of hydrogen-bond donors (Lipinski definition) is 2. The molecule has 2 unspecified atom stereocenters. The lowest BCUT2D eigenvalue weighted by molar-refractivity contribution is -0.385. The Balaban J connectivity index is 1.88. The van der Waals surface area contributed by atoms with E-state index in [1.807, 2.05) is 18.2 Å². The van der Waals surface area contributed by atoms with E-state index >= 15 is 0 Å². The second-order valence-electron chi connectivity index (χ2n) is 6.55. The topological polar surface area (TPSA) is 93.2 Å². The Bertz CT molecular complexity index is 669. The molecule has 2 rings (SSSR count). The molecule has 0 fully saturated rings. The zero-order valence-corrected chi connectivity index (χ0v) is 14.2. The Morgan fingerprint density at radius 2 is 2.04 bits per heavy atom. The molecule has 0 radical (unpaired) electrons. The molecular formula is C17H24N4O3. The van der Waals surface area contributed by atoms with Crippen LogP contribution in [0, 0.1) is 10.1 Å². The SMILES string of the molecule is CC(NCC(O)Cn1cc([N+](=O)[O-])cn1)C(C)(C)c1ccccc1. The molecule has 0 aliphatic heterocycles. The molecule has 0 aliphatic rings. The van der Waals surface area contributed by atoms with Gasteiger partial charge in [0.25, 0.3) is 0 Å². The Kier molecular flexibility index (Phi) is 5.69. The van der Waals surface area contributed by atoms with Gasteiger partial charge in [-0.3, -0.25) is 14.8 Å². The first-order chi connectivity index (χ1) is 11.3. The van der Waals surface area contributed by atoms with E-state index in [1.165, 1.54) is 22.6 Å². The van der Waals surface area contributed by atoms with E-state index in [1.54, 1.807) is 0 Å². The summed E-state index contributed by atoms with van der Waals surface area (Å²) in [5, 5.41) is 28.0. The molecule has 24 heavy (non-hydrogen) atoms. The van der Waals surface area contributed by atoms with E-state index < -0.39 is 11.0 Å². The predicted molar refractivity (Wildman–Crippen MR) is 91.8 cm³/mol. The molecule has 1 aromatic carbocycles. The van der Waals surface area contributed by atoms with Crippen LogP contribution in [0.2, 0.25) is 0 Å². The first kappa shape index (κ1) is 18.1. The number of aliphatic hydroxyl groups excluding tert-OH is 1. The van der Waals surface area contributed by atoms with Gasteiger partial charge in [-0.1, -0.05) is 44.2 Å². The standard InChI is InChI=1S/C17H24N4O3/c1-13(17(2,3)14-7-5-4-6-8-14)18-10-16(22)12-20-11-15(9-19-20)21(23)24/h4-9,11,13,16,18,22H,10,12H2,1-3H3. The summed E-state index contributed by atoms with van der Waals surface area (Å²) in [6.45, 7) is 6.98. The fourth-order valence-electron chi connectivity index (χ4n) is 2.51. The van der Waals surface area contributed by atoms with Crippen LogP contribution in [0.15, 0.2) is 42.7 Å². The van der Waals surface area contributed by atoms with Crippen molar-refractivity contribution < 1.29 is 10.0 Å². The molecule has 2 atom stereocenters.